The van der Waals surface area contributed by atoms with Gasteiger partial charge in [-0.25, -0.2) is 0 Å². The first-order chi connectivity index (χ1) is 6.59. The molecule has 0 saturated carbocycles. The van der Waals surface area contributed by atoms with Crippen molar-refractivity contribution in [3.8, 4) is 0 Å². The molecule has 1 N–H and O–H groups in total. The zero-order chi connectivity index (χ0) is 10.6. The highest BCUT2D eigenvalue weighted by atomic mass is 16.5. The van der Waals surface area contributed by atoms with Gasteiger partial charge >= 0.3 is 5.97 Å². The number of rotatable bonds is 4. The zero-order valence-electron chi connectivity index (χ0n) is 8.23. The SMILES string of the molecule is CN(CC1CCCO1)C(=O)CC(=O)O. The first kappa shape index (κ1) is 11.0. The Labute approximate surface area is 82.6 Å². The summed E-state index contributed by atoms with van der Waals surface area (Å²) in [5, 5.41) is 8.41. The summed E-state index contributed by atoms with van der Waals surface area (Å²) in [6, 6.07) is 0. The summed E-state index contributed by atoms with van der Waals surface area (Å²) in [4.78, 5) is 22.9. The maximum Gasteiger partial charge on any atom is 0.312 e. The topological polar surface area (TPSA) is 66.8 Å². The van der Waals surface area contributed by atoms with Crippen molar-refractivity contribution in [2.24, 2.45) is 0 Å². The van der Waals surface area contributed by atoms with Gasteiger partial charge in [0.25, 0.3) is 0 Å². The number of carboxylic acids is 1. The van der Waals surface area contributed by atoms with Crippen LogP contribution in [-0.4, -0.2) is 48.2 Å². The summed E-state index contributed by atoms with van der Waals surface area (Å²) in [7, 11) is 1.60. The van der Waals surface area contributed by atoms with E-state index in [1.165, 1.54) is 4.90 Å². The highest BCUT2D eigenvalue weighted by molar-refractivity contribution is 5.93. The second-order valence-electron chi connectivity index (χ2n) is 3.48. The van der Waals surface area contributed by atoms with E-state index in [9.17, 15) is 9.59 Å². The Morgan fingerprint density at radius 1 is 1.57 bits per heavy atom. The van der Waals surface area contributed by atoms with Crippen LogP contribution in [0.15, 0.2) is 0 Å². The molecule has 0 aromatic rings. The van der Waals surface area contributed by atoms with Gasteiger partial charge in [-0.1, -0.05) is 0 Å². The van der Waals surface area contributed by atoms with Crippen molar-refractivity contribution in [3.05, 3.63) is 0 Å². The molecule has 1 amide bonds. The molecule has 1 aliphatic heterocycles. The van der Waals surface area contributed by atoms with E-state index < -0.39 is 12.4 Å². The molecule has 1 rings (SSSR count). The van der Waals surface area contributed by atoms with Crippen LogP contribution in [0.3, 0.4) is 0 Å². The third kappa shape index (κ3) is 3.33. The maximum absolute atomic E-state index is 11.2. The fourth-order valence-electron chi connectivity index (χ4n) is 1.46. The summed E-state index contributed by atoms with van der Waals surface area (Å²) >= 11 is 0. The number of nitrogens with zero attached hydrogens (tertiary/aromatic N) is 1. The average Bonchev–Trinajstić information content (AvgIpc) is 2.55. The molecular formula is C9H15NO4. The minimum Gasteiger partial charge on any atom is -0.481 e. The van der Waals surface area contributed by atoms with Gasteiger partial charge < -0.3 is 14.7 Å². The molecule has 5 heteroatoms. The van der Waals surface area contributed by atoms with Crippen LogP contribution in [-0.2, 0) is 14.3 Å². The van der Waals surface area contributed by atoms with Crippen molar-refractivity contribution in [1.29, 1.82) is 0 Å². The molecule has 0 spiro atoms. The molecular weight excluding hydrogens is 186 g/mol. The number of likely N-dealkylation sites (N-methyl/N-ethyl adjacent to an activating group) is 1. The van der Waals surface area contributed by atoms with Crippen molar-refractivity contribution >= 4 is 11.9 Å². The fourth-order valence-corrected chi connectivity index (χ4v) is 1.46. The van der Waals surface area contributed by atoms with E-state index in [1.54, 1.807) is 7.05 Å². The molecule has 14 heavy (non-hydrogen) atoms. The number of carbonyl (C=O) groups is 2. The third-order valence-corrected chi connectivity index (χ3v) is 2.23. The predicted molar refractivity (Wildman–Crippen MR) is 48.9 cm³/mol. The van der Waals surface area contributed by atoms with Crippen LogP contribution in [0.1, 0.15) is 19.3 Å². The average molecular weight is 201 g/mol. The number of carbonyl (C=O) groups excluding carboxylic acids is 1. The summed E-state index contributed by atoms with van der Waals surface area (Å²) in [5.74, 6) is -1.46. The lowest BCUT2D eigenvalue weighted by molar-refractivity contribution is -0.144. The van der Waals surface area contributed by atoms with Crippen molar-refractivity contribution in [2.75, 3.05) is 20.2 Å². The lowest BCUT2D eigenvalue weighted by atomic mass is 10.2. The van der Waals surface area contributed by atoms with Gasteiger partial charge in [0, 0.05) is 20.2 Å². The van der Waals surface area contributed by atoms with E-state index in [2.05, 4.69) is 0 Å². The first-order valence-corrected chi connectivity index (χ1v) is 4.67. The van der Waals surface area contributed by atoms with Crippen LogP contribution in [0.5, 0.6) is 0 Å². The van der Waals surface area contributed by atoms with Crippen molar-refractivity contribution in [2.45, 2.75) is 25.4 Å². The van der Waals surface area contributed by atoms with Gasteiger partial charge in [-0.15, -0.1) is 0 Å². The third-order valence-electron chi connectivity index (χ3n) is 2.23. The lowest BCUT2D eigenvalue weighted by Crippen LogP contribution is -2.35. The van der Waals surface area contributed by atoms with E-state index >= 15 is 0 Å². The Morgan fingerprint density at radius 2 is 2.29 bits per heavy atom. The Hall–Kier alpha value is -1.10. The highest BCUT2D eigenvalue weighted by Crippen LogP contribution is 2.12. The smallest absolute Gasteiger partial charge is 0.312 e. The lowest BCUT2D eigenvalue weighted by Gasteiger charge is -2.19. The molecule has 1 atom stereocenters. The van der Waals surface area contributed by atoms with Gasteiger partial charge in [0.15, 0.2) is 0 Å². The van der Waals surface area contributed by atoms with Gasteiger partial charge in [-0.2, -0.15) is 0 Å². The maximum atomic E-state index is 11.2. The van der Waals surface area contributed by atoms with Crippen molar-refractivity contribution in [1.82, 2.24) is 4.90 Å². The molecule has 1 unspecified atom stereocenters. The summed E-state index contributed by atoms with van der Waals surface area (Å²) in [6.45, 7) is 1.23. The van der Waals surface area contributed by atoms with E-state index in [0.717, 1.165) is 19.4 Å². The van der Waals surface area contributed by atoms with Crippen LogP contribution in [0.25, 0.3) is 0 Å². The van der Waals surface area contributed by atoms with Crippen LogP contribution in [0.2, 0.25) is 0 Å². The monoisotopic (exact) mass is 201 g/mol. The number of ether oxygens (including phenoxy) is 1. The normalized spacial score (nSPS) is 20.8. The first-order valence-electron chi connectivity index (χ1n) is 4.67. The molecule has 1 fully saturated rings. The Morgan fingerprint density at radius 3 is 2.79 bits per heavy atom. The van der Waals surface area contributed by atoms with Crippen LogP contribution in [0.4, 0.5) is 0 Å². The molecule has 5 nitrogen and oxygen atoms in total. The number of amides is 1. The van der Waals surface area contributed by atoms with E-state index in [0.29, 0.717) is 6.54 Å². The van der Waals surface area contributed by atoms with Gasteiger partial charge in [-0.3, -0.25) is 9.59 Å². The highest BCUT2D eigenvalue weighted by Gasteiger charge is 2.20. The minimum atomic E-state index is -1.09. The zero-order valence-corrected chi connectivity index (χ0v) is 8.23. The molecule has 1 aliphatic rings. The largest absolute Gasteiger partial charge is 0.481 e. The van der Waals surface area contributed by atoms with Crippen LogP contribution < -0.4 is 0 Å². The number of hydrogen-bond donors (Lipinski definition) is 1. The fraction of sp³-hybridized carbons (Fsp3) is 0.778. The number of carboxylic acid groups (broad SMARTS) is 1. The van der Waals surface area contributed by atoms with Crippen molar-refractivity contribution < 1.29 is 19.4 Å². The van der Waals surface area contributed by atoms with Crippen LogP contribution in [0, 0.1) is 0 Å². The molecule has 0 aromatic heterocycles. The molecule has 0 aromatic carbocycles. The van der Waals surface area contributed by atoms with Crippen LogP contribution >= 0.6 is 0 Å². The number of aliphatic carboxylic acids is 1. The van der Waals surface area contributed by atoms with E-state index in [1.807, 2.05) is 0 Å². The second-order valence-corrected chi connectivity index (χ2v) is 3.48. The quantitative estimate of drug-likeness (QED) is 0.655. The minimum absolute atomic E-state index is 0.0812. The standard InChI is InChI=1S/C9H15NO4/c1-10(8(11)5-9(12)13)6-7-3-2-4-14-7/h7H,2-6H2,1H3,(H,12,13). The summed E-state index contributed by atoms with van der Waals surface area (Å²) < 4.78 is 5.34. The molecule has 0 radical (unpaired) electrons. The molecule has 1 heterocycles. The van der Waals surface area contributed by atoms with Gasteiger partial charge in [-0.05, 0) is 12.8 Å². The predicted octanol–water partition coefficient (Wildman–Crippen LogP) is 0.0985. The molecule has 1 saturated heterocycles. The molecule has 0 bridgehead atoms. The number of hydrogen-bond acceptors (Lipinski definition) is 3. The Bertz CT molecular complexity index is 223. The summed E-state index contributed by atoms with van der Waals surface area (Å²) in [5.41, 5.74) is 0. The van der Waals surface area contributed by atoms with Gasteiger partial charge in [0.05, 0.1) is 6.10 Å². The Balaban J connectivity index is 2.29. The second kappa shape index (κ2) is 4.95. The van der Waals surface area contributed by atoms with E-state index in [-0.39, 0.29) is 12.0 Å². The Kier molecular flexibility index (Phi) is 3.88. The summed E-state index contributed by atoms with van der Waals surface area (Å²) in [6.07, 6.45) is 1.61. The van der Waals surface area contributed by atoms with Gasteiger partial charge in [0.2, 0.25) is 5.91 Å². The van der Waals surface area contributed by atoms with E-state index in [4.69, 9.17) is 9.84 Å². The molecule has 80 valence electrons. The van der Waals surface area contributed by atoms with Crippen molar-refractivity contribution in [3.63, 3.8) is 0 Å². The van der Waals surface area contributed by atoms with Gasteiger partial charge in [0.1, 0.15) is 6.42 Å². The molecule has 0 aliphatic carbocycles.